The third kappa shape index (κ3) is 7.84. The standard InChI is InChI=1S/C18H22N2O4/c1-4-15(6-5-13(2)19)11-24-18(22)20-17-9-7-16(8-10-17)12-23-14(3)21/h4-10H,2,11-12,19H2,1,3H3,(H,20,22)/b6-5-,15-4+. The minimum absolute atomic E-state index is 0.122. The molecule has 0 atom stereocenters. The molecule has 0 radical (unpaired) electrons. The Labute approximate surface area is 141 Å². The number of carbonyl (C=O) groups is 2. The molecule has 1 rings (SSSR count). The van der Waals surface area contributed by atoms with Gasteiger partial charge in [-0.1, -0.05) is 30.9 Å². The van der Waals surface area contributed by atoms with Crippen LogP contribution in [-0.2, 0) is 20.9 Å². The monoisotopic (exact) mass is 330 g/mol. The maximum absolute atomic E-state index is 11.8. The van der Waals surface area contributed by atoms with Crippen molar-refractivity contribution >= 4 is 17.7 Å². The number of ether oxygens (including phenoxy) is 2. The fraction of sp³-hybridized carbons (Fsp3) is 0.222. The zero-order valence-electron chi connectivity index (χ0n) is 13.9. The number of rotatable bonds is 7. The molecule has 3 N–H and O–H groups in total. The van der Waals surface area contributed by atoms with Gasteiger partial charge in [-0.05, 0) is 36.3 Å². The van der Waals surface area contributed by atoms with Crippen molar-refractivity contribution in [2.24, 2.45) is 5.73 Å². The predicted molar refractivity (Wildman–Crippen MR) is 93.1 cm³/mol. The molecule has 0 fully saturated rings. The Hall–Kier alpha value is -3.02. The van der Waals surface area contributed by atoms with E-state index in [1.54, 1.807) is 36.4 Å². The Kier molecular flexibility index (Phi) is 7.84. The van der Waals surface area contributed by atoms with Crippen LogP contribution < -0.4 is 11.1 Å². The molecule has 24 heavy (non-hydrogen) atoms. The summed E-state index contributed by atoms with van der Waals surface area (Å²) < 4.78 is 10.0. The fourth-order valence-electron chi connectivity index (χ4n) is 1.61. The Morgan fingerprint density at radius 2 is 1.88 bits per heavy atom. The highest BCUT2D eigenvalue weighted by atomic mass is 16.5. The van der Waals surface area contributed by atoms with Crippen molar-refractivity contribution in [1.82, 2.24) is 0 Å². The lowest BCUT2D eigenvalue weighted by Gasteiger charge is -2.08. The number of benzene rings is 1. The molecule has 6 heteroatoms. The second-order valence-corrected chi connectivity index (χ2v) is 4.95. The van der Waals surface area contributed by atoms with Gasteiger partial charge in [0, 0.05) is 18.3 Å². The van der Waals surface area contributed by atoms with Gasteiger partial charge in [0.2, 0.25) is 0 Å². The minimum Gasteiger partial charge on any atom is -0.461 e. The molecular formula is C18H22N2O4. The van der Waals surface area contributed by atoms with Crippen LogP contribution in [0, 0.1) is 0 Å². The lowest BCUT2D eigenvalue weighted by atomic mass is 10.2. The van der Waals surface area contributed by atoms with Crippen LogP contribution in [0.2, 0.25) is 0 Å². The molecule has 0 spiro atoms. The van der Waals surface area contributed by atoms with E-state index in [0.29, 0.717) is 11.4 Å². The zero-order chi connectivity index (χ0) is 17.9. The molecule has 1 amide bonds. The first-order valence-electron chi connectivity index (χ1n) is 7.34. The maximum atomic E-state index is 11.8. The Morgan fingerprint density at radius 3 is 2.42 bits per heavy atom. The molecule has 0 aromatic heterocycles. The molecule has 0 aliphatic heterocycles. The summed E-state index contributed by atoms with van der Waals surface area (Å²) >= 11 is 0. The molecule has 0 bridgehead atoms. The summed E-state index contributed by atoms with van der Waals surface area (Å²) in [4.78, 5) is 22.5. The van der Waals surface area contributed by atoms with Crippen LogP contribution in [0.3, 0.4) is 0 Å². The molecule has 1 aromatic rings. The van der Waals surface area contributed by atoms with Gasteiger partial charge in [-0.3, -0.25) is 10.1 Å². The summed E-state index contributed by atoms with van der Waals surface area (Å²) in [5.41, 5.74) is 8.08. The first-order valence-corrected chi connectivity index (χ1v) is 7.34. The highest BCUT2D eigenvalue weighted by Crippen LogP contribution is 2.11. The van der Waals surface area contributed by atoms with Crippen molar-refractivity contribution in [1.29, 1.82) is 0 Å². The van der Waals surface area contributed by atoms with Crippen molar-refractivity contribution in [2.75, 3.05) is 11.9 Å². The van der Waals surface area contributed by atoms with Crippen LogP contribution >= 0.6 is 0 Å². The highest BCUT2D eigenvalue weighted by molar-refractivity contribution is 5.84. The van der Waals surface area contributed by atoms with Gasteiger partial charge in [-0.15, -0.1) is 0 Å². The van der Waals surface area contributed by atoms with Gasteiger partial charge < -0.3 is 15.2 Å². The van der Waals surface area contributed by atoms with Crippen molar-refractivity contribution in [3.8, 4) is 0 Å². The lowest BCUT2D eigenvalue weighted by Crippen LogP contribution is -2.15. The number of amides is 1. The van der Waals surface area contributed by atoms with Gasteiger partial charge in [0.05, 0.1) is 0 Å². The van der Waals surface area contributed by atoms with E-state index in [0.717, 1.165) is 11.1 Å². The topological polar surface area (TPSA) is 90.7 Å². The molecular weight excluding hydrogens is 308 g/mol. The number of nitrogens with one attached hydrogen (secondary N) is 1. The summed E-state index contributed by atoms with van der Waals surface area (Å²) in [6, 6.07) is 6.92. The predicted octanol–water partition coefficient (Wildman–Crippen LogP) is 3.27. The third-order valence-corrected chi connectivity index (χ3v) is 2.89. The zero-order valence-corrected chi connectivity index (χ0v) is 13.9. The second kappa shape index (κ2) is 9.89. The molecule has 0 heterocycles. The van der Waals surface area contributed by atoms with E-state index in [1.165, 1.54) is 6.92 Å². The first-order chi connectivity index (χ1) is 11.4. The summed E-state index contributed by atoms with van der Waals surface area (Å²) in [5, 5.41) is 2.62. The van der Waals surface area contributed by atoms with E-state index < -0.39 is 6.09 Å². The Morgan fingerprint density at radius 1 is 1.21 bits per heavy atom. The Bertz CT molecular complexity index is 645. The van der Waals surface area contributed by atoms with Gasteiger partial charge in [0.25, 0.3) is 0 Å². The van der Waals surface area contributed by atoms with E-state index in [1.807, 2.05) is 13.0 Å². The molecule has 0 saturated heterocycles. The van der Waals surface area contributed by atoms with E-state index in [-0.39, 0.29) is 19.2 Å². The number of carbonyl (C=O) groups excluding carboxylic acids is 2. The number of nitrogens with two attached hydrogens (primary N) is 1. The summed E-state index contributed by atoms with van der Waals surface area (Å²) in [5.74, 6) is -0.340. The molecule has 1 aromatic carbocycles. The van der Waals surface area contributed by atoms with Crippen LogP contribution in [0.4, 0.5) is 10.5 Å². The van der Waals surface area contributed by atoms with Crippen molar-refractivity contribution in [3.05, 3.63) is 65.9 Å². The van der Waals surface area contributed by atoms with Gasteiger partial charge in [-0.2, -0.15) is 0 Å². The van der Waals surface area contributed by atoms with Crippen LogP contribution in [-0.4, -0.2) is 18.7 Å². The second-order valence-electron chi connectivity index (χ2n) is 4.95. The largest absolute Gasteiger partial charge is 0.461 e. The van der Waals surface area contributed by atoms with E-state index >= 15 is 0 Å². The third-order valence-electron chi connectivity index (χ3n) is 2.89. The molecule has 128 valence electrons. The SMILES string of the molecule is C=C(N)/C=C\C(=C/C)COC(=O)Nc1ccc(COC(C)=O)cc1. The van der Waals surface area contributed by atoms with Crippen LogP contribution in [0.25, 0.3) is 0 Å². The molecule has 0 aliphatic carbocycles. The summed E-state index contributed by atoms with van der Waals surface area (Å²) in [6.45, 7) is 7.06. The number of esters is 1. The maximum Gasteiger partial charge on any atom is 0.411 e. The average Bonchev–Trinajstić information content (AvgIpc) is 2.54. The van der Waals surface area contributed by atoms with Gasteiger partial charge in [-0.25, -0.2) is 4.79 Å². The average molecular weight is 330 g/mol. The number of anilines is 1. The molecule has 0 saturated carbocycles. The fourth-order valence-corrected chi connectivity index (χ4v) is 1.61. The summed E-state index contributed by atoms with van der Waals surface area (Å²) in [6.07, 6.45) is 4.62. The smallest absolute Gasteiger partial charge is 0.411 e. The minimum atomic E-state index is -0.568. The van der Waals surface area contributed by atoms with Crippen LogP contribution in [0.15, 0.2) is 60.3 Å². The summed E-state index contributed by atoms with van der Waals surface area (Å²) in [7, 11) is 0. The molecule has 6 nitrogen and oxygen atoms in total. The molecule has 0 unspecified atom stereocenters. The van der Waals surface area contributed by atoms with Gasteiger partial charge in [0.15, 0.2) is 0 Å². The van der Waals surface area contributed by atoms with E-state index in [4.69, 9.17) is 15.2 Å². The highest BCUT2D eigenvalue weighted by Gasteiger charge is 2.04. The van der Waals surface area contributed by atoms with Crippen LogP contribution in [0.5, 0.6) is 0 Å². The van der Waals surface area contributed by atoms with Gasteiger partial charge in [0.1, 0.15) is 13.2 Å². The molecule has 0 aliphatic rings. The van der Waals surface area contributed by atoms with Crippen LogP contribution in [0.1, 0.15) is 19.4 Å². The number of allylic oxidation sites excluding steroid dienone is 2. The van der Waals surface area contributed by atoms with Crippen molar-refractivity contribution < 1.29 is 19.1 Å². The number of hydrogen-bond donors (Lipinski definition) is 2. The normalized spacial score (nSPS) is 11.2. The van der Waals surface area contributed by atoms with E-state index in [2.05, 4.69) is 11.9 Å². The quantitative estimate of drug-likeness (QED) is 0.591. The van der Waals surface area contributed by atoms with E-state index in [9.17, 15) is 9.59 Å². The van der Waals surface area contributed by atoms with Crippen molar-refractivity contribution in [2.45, 2.75) is 20.5 Å². The number of hydrogen-bond acceptors (Lipinski definition) is 5. The van der Waals surface area contributed by atoms with Crippen molar-refractivity contribution in [3.63, 3.8) is 0 Å². The van der Waals surface area contributed by atoms with Gasteiger partial charge >= 0.3 is 12.1 Å². The first kappa shape index (κ1) is 19.0. The lowest BCUT2D eigenvalue weighted by molar-refractivity contribution is -0.142. The Balaban J connectivity index is 2.47.